The van der Waals surface area contributed by atoms with Crippen molar-refractivity contribution in [3.63, 3.8) is 0 Å². The number of nitrogens with two attached hydrogens (primary N) is 1. The van der Waals surface area contributed by atoms with Crippen molar-refractivity contribution in [1.29, 1.82) is 0 Å². The molecule has 0 aliphatic carbocycles. The van der Waals surface area contributed by atoms with Crippen molar-refractivity contribution in [3.05, 3.63) is 75.9 Å². The van der Waals surface area contributed by atoms with Crippen molar-refractivity contribution in [3.8, 4) is 0 Å². The molecule has 0 spiro atoms. The van der Waals surface area contributed by atoms with E-state index < -0.39 is 5.91 Å². The molecule has 0 fully saturated rings. The monoisotopic (exact) mass is 510 g/mol. The summed E-state index contributed by atoms with van der Waals surface area (Å²) in [6.45, 7) is 5.97. The van der Waals surface area contributed by atoms with Crippen molar-refractivity contribution >= 4 is 48.0 Å². The molecule has 1 aliphatic rings. The van der Waals surface area contributed by atoms with E-state index in [0.29, 0.717) is 22.9 Å². The van der Waals surface area contributed by atoms with Crippen LogP contribution >= 0.6 is 11.6 Å². The molecule has 0 saturated heterocycles. The van der Waals surface area contributed by atoms with Crippen LogP contribution in [-0.4, -0.2) is 56.2 Å². The third-order valence-corrected chi connectivity index (χ3v) is 8.00. The zero-order valence-electron chi connectivity index (χ0n) is 18.0. The van der Waals surface area contributed by atoms with Gasteiger partial charge in [0, 0.05) is 0 Å². The Labute approximate surface area is 200 Å². The minimum atomic E-state index is -0.452. The van der Waals surface area contributed by atoms with Gasteiger partial charge in [-0.25, -0.2) is 0 Å². The summed E-state index contributed by atoms with van der Waals surface area (Å²) in [5.74, 6) is 0.117. The summed E-state index contributed by atoms with van der Waals surface area (Å²) in [5, 5.41) is 3.69. The molecule has 0 bridgehead atoms. The Morgan fingerprint density at radius 2 is 1.97 bits per heavy atom. The number of nitrogens with zero attached hydrogens (tertiary/aromatic N) is 3. The van der Waals surface area contributed by atoms with Crippen molar-refractivity contribution in [2.75, 3.05) is 25.0 Å². The first-order valence-corrected chi connectivity index (χ1v) is 13.0. The van der Waals surface area contributed by atoms with Crippen LogP contribution in [0, 0.1) is 0 Å². The minimum absolute atomic E-state index is 0.361. The summed E-state index contributed by atoms with van der Waals surface area (Å²) in [7, 11) is 0. The standard InChI is InChI=1S/C24H26AsClN5O/c1-2-31-11-9-16-7-8-19(13-17(16)10-12-31)25-24-29-15-21(26)23(30-24)28-14-18-5-3-4-6-20(18)22(27)32/h3-8,13,15H,2,9-12,14H2,1H3,(H2,27,32)(H,28,29,30). The molecule has 3 aromatic rings. The van der Waals surface area contributed by atoms with Crippen LogP contribution in [0.15, 0.2) is 48.7 Å². The second kappa shape index (κ2) is 10.5. The van der Waals surface area contributed by atoms with E-state index in [4.69, 9.17) is 17.3 Å². The fourth-order valence-electron chi connectivity index (χ4n) is 3.89. The van der Waals surface area contributed by atoms with Crippen molar-refractivity contribution in [2.45, 2.75) is 26.3 Å². The molecule has 165 valence electrons. The van der Waals surface area contributed by atoms with Crippen molar-refractivity contribution < 1.29 is 4.79 Å². The number of nitrogens with one attached hydrogen (secondary N) is 1. The summed E-state index contributed by atoms with van der Waals surface area (Å²) in [5.41, 5.74) is 9.68. The number of halogens is 1. The molecule has 1 amide bonds. The van der Waals surface area contributed by atoms with Gasteiger partial charge in [-0.1, -0.05) is 0 Å². The van der Waals surface area contributed by atoms with Gasteiger partial charge in [0.1, 0.15) is 0 Å². The zero-order chi connectivity index (χ0) is 22.5. The van der Waals surface area contributed by atoms with Gasteiger partial charge in [0.2, 0.25) is 0 Å². The number of fused-ring (bicyclic) bond motifs is 1. The summed E-state index contributed by atoms with van der Waals surface area (Å²) < 4.78 is 2.08. The number of rotatable bonds is 7. The quantitative estimate of drug-likeness (QED) is 0.475. The number of anilines is 1. The van der Waals surface area contributed by atoms with E-state index in [0.717, 1.165) is 42.7 Å². The summed E-state index contributed by atoms with van der Waals surface area (Å²) in [4.78, 5) is 23.3. The van der Waals surface area contributed by atoms with Crippen LogP contribution in [0.5, 0.6) is 0 Å². The van der Waals surface area contributed by atoms with Crippen molar-refractivity contribution in [2.24, 2.45) is 5.73 Å². The number of aromatic nitrogens is 2. The maximum absolute atomic E-state index is 11.7. The molecular formula is C24H26AsClN5O. The molecule has 1 aromatic heterocycles. The number of hydrogen-bond donors (Lipinski definition) is 2. The van der Waals surface area contributed by atoms with Crippen LogP contribution < -0.4 is 20.0 Å². The van der Waals surface area contributed by atoms with Crippen LogP contribution in [0.1, 0.15) is 34.0 Å². The summed E-state index contributed by atoms with van der Waals surface area (Å²) in [6, 6.07) is 14.1. The van der Waals surface area contributed by atoms with E-state index in [1.807, 2.05) is 12.1 Å². The Bertz CT molecular complexity index is 1120. The number of hydrogen-bond acceptors (Lipinski definition) is 5. The van der Waals surface area contributed by atoms with Crippen LogP contribution in [0.2, 0.25) is 5.02 Å². The molecule has 4 rings (SSSR count). The predicted octanol–water partition coefficient (Wildman–Crippen LogP) is 1.92. The maximum atomic E-state index is 11.7. The van der Waals surface area contributed by atoms with Gasteiger partial charge in [0.25, 0.3) is 0 Å². The van der Waals surface area contributed by atoms with Gasteiger partial charge < -0.3 is 0 Å². The number of carbonyl (C=O) groups excluding carboxylic acids is 1. The summed E-state index contributed by atoms with van der Waals surface area (Å²) in [6.07, 6.45) is 3.84. The Morgan fingerprint density at radius 3 is 2.75 bits per heavy atom. The first-order chi connectivity index (χ1) is 15.5. The van der Waals surface area contributed by atoms with Crippen LogP contribution in [0.3, 0.4) is 0 Å². The molecule has 3 N–H and O–H groups in total. The summed E-state index contributed by atoms with van der Waals surface area (Å²) >= 11 is 5.97. The van der Waals surface area contributed by atoms with Gasteiger partial charge in [-0.3, -0.25) is 0 Å². The van der Waals surface area contributed by atoms with E-state index in [9.17, 15) is 4.79 Å². The molecule has 1 radical (unpaired) electrons. The van der Waals surface area contributed by atoms with Gasteiger partial charge >= 0.3 is 201 Å². The fourth-order valence-corrected chi connectivity index (χ4v) is 5.86. The normalized spacial score (nSPS) is 14.3. The van der Waals surface area contributed by atoms with E-state index in [-0.39, 0.29) is 15.8 Å². The Hall–Kier alpha value is -2.40. The molecule has 0 unspecified atom stereocenters. The molecule has 8 heteroatoms. The average molecular weight is 511 g/mol. The van der Waals surface area contributed by atoms with Crippen LogP contribution in [-0.2, 0) is 19.4 Å². The number of primary amides is 1. The topological polar surface area (TPSA) is 84.1 Å². The SMILES string of the molecule is CCN1CCc2ccc([As]c3ncc(Cl)c(NCc4ccccc4C(N)=O)n3)cc2CC1. The fraction of sp³-hybridized carbons (Fsp3) is 0.292. The van der Waals surface area contributed by atoms with E-state index in [1.165, 1.54) is 15.5 Å². The molecule has 6 nitrogen and oxygen atoms in total. The van der Waals surface area contributed by atoms with Gasteiger partial charge in [0.05, 0.1) is 0 Å². The Balaban J connectivity index is 1.48. The Kier molecular flexibility index (Phi) is 7.46. The van der Waals surface area contributed by atoms with Gasteiger partial charge in [-0.05, 0) is 0 Å². The zero-order valence-corrected chi connectivity index (χ0v) is 20.6. The van der Waals surface area contributed by atoms with E-state index in [1.54, 1.807) is 18.3 Å². The molecular weight excluding hydrogens is 485 g/mol. The predicted molar refractivity (Wildman–Crippen MR) is 130 cm³/mol. The molecule has 1 aliphatic heterocycles. The van der Waals surface area contributed by atoms with Crippen LogP contribution in [0.4, 0.5) is 5.82 Å². The molecule has 32 heavy (non-hydrogen) atoms. The number of benzene rings is 2. The third kappa shape index (κ3) is 5.50. The third-order valence-electron chi connectivity index (χ3n) is 5.72. The number of amides is 1. The van der Waals surface area contributed by atoms with Crippen molar-refractivity contribution in [1.82, 2.24) is 14.9 Å². The number of likely N-dealkylation sites (N-methyl/N-ethyl adjacent to an activating group) is 1. The second-order valence-corrected chi connectivity index (χ2v) is 10.5. The molecule has 0 atom stereocenters. The first kappa shape index (κ1) is 22.8. The van der Waals surface area contributed by atoms with Crippen LogP contribution in [0.25, 0.3) is 0 Å². The van der Waals surface area contributed by atoms with Gasteiger partial charge in [-0.15, -0.1) is 0 Å². The first-order valence-electron chi connectivity index (χ1n) is 10.7. The van der Waals surface area contributed by atoms with Gasteiger partial charge in [0.15, 0.2) is 0 Å². The number of carbonyl (C=O) groups is 1. The van der Waals surface area contributed by atoms with E-state index >= 15 is 0 Å². The molecule has 2 aromatic carbocycles. The molecule has 2 heterocycles. The van der Waals surface area contributed by atoms with Gasteiger partial charge in [-0.2, -0.15) is 0 Å². The second-order valence-electron chi connectivity index (χ2n) is 7.74. The Morgan fingerprint density at radius 1 is 1.19 bits per heavy atom. The molecule has 0 saturated carbocycles. The average Bonchev–Trinajstić information content (AvgIpc) is 3.01. The van der Waals surface area contributed by atoms with E-state index in [2.05, 4.69) is 45.3 Å².